The van der Waals surface area contributed by atoms with Crippen LogP contribution in [-0.2, 0) is 19.1 Å². The lowest BCUT2D eigenvalue weighted by atomic mass is 9.57. The predicted molar refractivity (Wildman–Crippen MR) is 108 cm³/mol. The van der Waals surface area contributed by atoms with Crippen LogP contribution in [-0.4, -0.2) is 31.1 Å². The van der Waals surface area contributed by atoms with E-state index in [1.54, 1.807) is 12.2 Å². The summed E-state index contributed by atoms with van der Waals surface area (Å²) in [6.45, 7) is 12.7. The maximum atomic E-state index is 13.9. The number of terminal acetylenes is 1. The average molecular weight is 383 g/mol. The Bertz CT molecular complexity index is 754. The fourth-order valence-electron chi connectivity index (χ4n) is 5.27. The number of carbonyl (C=O) groups is 2. The molecule has 3 aliphatic rings. The Balaban J connectivity index is 2.03. The number of ketones is 2. The molecule has 150 valence electrons. The van der Waals surface area contributed by atoms with Crippen LogP contribution in [0.3, 0.4) is 0 Å². The average Bonchev–Trinajstić information content (AvgIpc) is 3.36. The van der Waals surface area contributed by atoms with Gasteiger partial charge >= 0.3 is 0 Å². The highest BCUT2D eigenvalue weighted by Crippen LogP contribution is 2.54. The van der Waals surface area contributed by atoms with E-state index in [0.29, 0.717) is 25.2 Å². The summed E-state index contributed by atoms with van der Waals surface area (Å²) < 4.78 is 11.4. The van der Waals surface area contributed by atoms with Crippen molar-refractivity contribution in [3.8, 4) is 12.3 Å². The van der Waals surface area contributed by atoms with E-state index in [2.05, 4.69) is 19.1 Å². The third kappa shape index (κ3) is 3.11. The van der Waals surface area contributed by atoms with Crippen LogP contribution in [0.2, 0.25) is 0 Å². The second-order valence-corrected chi connectivity index (χ2v) is 8.40. The molecule has 0 aromatic heterocycles. The number of Topliss-reactive ketones (excluding diaryl/α,β-unsaturated/α-hetero) is 2. The monoisotopic (exact) mass is 382 g/mol. The number of allylic oxidation sites excluding steroid dienone is 2. The first-order valence-corrected chi connectivity index (χ1v) is 10.1. The summed E-state index contributed by atoms with van der Waals surface area (Å²) in [4.78, 5) is 26.7. The van der Waals surface area contributed by atoms with Crippen molar-refractivity contribution in [2.24, 2.45) is 22.7 Å². The Hall–Kier alpha value is -1.96. The van der Waals surface area contributed by atoms with Crippen molar-refractivity contribution >= 4 is 11.6 Å². The molecule has 28 heavy (non-hydrogen) atoms. The van der Waals surface area contributed by atoms with Gasteiger partial charge in [-0.25, -0.2) is 0 Å². The summed E-state index contributed by atoms with van der Waals surface area (Å²) in [5.74, 6) is 2.72. The largest absolute Gasteiger partial charge is 0.349 e. The minimum atomic E-state index is -0.900. The highest BCUT2D eigenvalue weighted by Gasteiger charge is 2.54. The molecule has 0 amide bonds. The zero-order valence-electron chi connectivity index (χ0n) is 17.0. The molecular weight excluding hydrogens is 352 g/mol. The van der Waals surface area contributed by atoms with Crippen molar-refractivity contribution in [1.82, 2.24) is 0 Å². The fourth-order valence-corrected chi connectivity index (χ4v) is 5.27. The highest BCUT2D eigenvalue weighted by molar-refractivity contribution is 6.07. The third-order valence-electron chi connectivity index (χ3n) is 7.04. The van der Waals surface area contributed by atoms with E-state index in [4.69, 9.17) is 15.9 Å². The van der Waals surface area contributed by atoms with Crippen LogP contribution >= 0.6 is 0 Å². The standard InChI is InChI=1S/C24H30O4/c1-6-16(4)18-11-9-17-10-12-19(25)21(17)23(18,5)20(26)15-24(7-2,8-3)22-27-13-14-28-22/h1,7-8,16,18,22H,2-3,9-15H2,4-5H3/t16-,18+,23+/m1/s1. The van der Waals surface area contributed by atoms with E-state index in [9.17, 15) is 9.59 Å². The molecule has 3 rings (SSSR count). The normalized spacial score (nSPS) is 29.3. The van der Waals surface area contributed by atoms with Gasteiger partial charge < -0.3 is 9.47 Å². The van der Waals surface area contributed by atoms with E-state index in [-0.39, 0.29) is 29.8 Å². The SMILES string of the molecule is C#C[C@@H](C)[C@@H]1CCC2=C(C(=O)CC2)[C@]1(C)C(=O)CC(C=C)(C=C)C1OCCO1. The first kappa shape index (κ1) is 20.8. The first-order chi connectivity index (χ1) is 13.3. The van der Waals surface area contributed by atoms with Gasteiger partial charge in [-0.05, 0) is 32.1 Å². The zero-order chi connectivity index (χ0) is 20.5. The minimum Gasteiger partial charge on any atom is -0.349 e. The third-order valence-corrected chi connectivity index (χ3v) is 7.04. The summed E-state index contributed by atoms with van der Waals surface area (Å²) in [7, 11) is 0. The molecule has 4 heteroatoms. The quantitative estimate of drug-likeness (QED) is 0.493. The molecule has 1 fully saturated rings. The van der Waals surface area contributed by atoms with Crippen LogP contribution in [0.5, 0.6) is 0 Å². The van der Waals surface area contributed by atoms with Crippen LogP contribution < -0.4 is 0 Å². The maximum Gasteiger partial charge on any atom is 0.170 e. The van der Waals surface area contributed by atoms with Crippen LogP contribution in [0.25, 0.3) is 0 Å². The molecule has 4 nitrogen and oxygen atoms in total. The summed E-state index contributed by atoms with van der Waals surface area (Å²) in [6, 6.07) is 0. The fraction of sp³-hybridized carbons (Fsp3) is 0.583. The van der Waals surface area contributed by atoms with Gasteiger partial charge in [0.25, 0.3) is 0 Å². The zero-order valence-corrected chi connectivity index (χ0v) is 17.0. The van der Waals surface area contributed by atoms with Gasteiger partial charge in [0, 0.05) is 24.3 Å². The number of hydrogen-bond acceptors (Lipinski definition) is 4. The van der Waals surface area contributed by atoms with Crippen LogP contribution in [0.4, 0.5) is 0 Å². The molecule has 1 heterocycles. The smallest absolute Gasteiger partial charge is 0.170 e. The van der Waals surface area contributed by atoms with Gasteiger partial charge in [-0.15, -0.1) is 25.5 Å². The molecule has 0 saturated carbocycles. The van der Waals surface area contributed by atoms with Crippen LogP contribution in [0.1, 0.15) is 46.0 Å². The maximum absolute atomic E-state index is 13.9. The van der Waals surface area contributed by atoms with Crippen molar-refractivity contribution in [2.45, 2.75) is 52.2 Å². The summed E-state index contributed by atoms with van der Waals surface area (Å²) in [6.07, 6.45) is 11.6. The molecule has 2 aliphatic carbocycles. The lowest BCUT2D eigenvalue weighted by Gasteiger charge is -2.45. The Morgan fingerprint density at radius 2 is 1.96 bits per heavy atom. The predicted octanol–water partition coefficient (Wildman–Crippen LogP) is 4.02. The van der Waals surface area contributed by atoms with Gasteiger partial charge in [0.2, 0.25) is 0 Å². The van der Waals surface area contributed by atoms with E-state index in [1.165, 1.54) is 0 Å². The molecule has 0 spiro atoms. The van der Waals surface area contributed by atoms with Crippen molar-refractivity contribution < 1.29 is 19.1 Å². The van der Waals surface area contributed by atoms with Crippen molar-refractivity contribution in [3.05, 3.63) is 36.5 Å². The van der Waals surface area contributed by atoms with Crippen molar-refractivity contribution in [1.29, 1.82) is 0 Å². The molecule has 0 N–H and O–H groups in total. The minimum absolute atomic E-state index is 0.0130. The lowest BCUT2D eigenvalue weighted by molar-refractivity contribution is -0.141. The lowest BCUT2D eigenvalue weighted by Crippen LogP contribution is -2.47. The highest BCUT2D eigenvalue weighted by atomic mass is 16.7. The Morgan fingerprint density at radius 1 is 1.32 bits per heavy atom. The molecule has 3 atom stereocenters. The van der Waals surface area contributed by atoms with Crippen LogP contribution in [0, 0.1) is 35.0 Å². The molecule has 1 saturated heterocycles. The second kappa shape index (κ2) is 7.81. The van der Waals surface area contributed by atoms with Gasteiger partial charge in [0.05, 0.1) is 24.0 Å². The van der Waals surface area contributed by atoms with Gasteiger partial charge in [0.15, 0.2) is 12.1 Å². The van der Waals surface area contributed by atoms with Gasteiger partial charge in [-0.3, -0.25) is 9.59 Å². The van der Waals surface area contributed by atoms with Gasteiger partial charge in [-0.2, -0.15) is 0 Å². The number of ether oxygens (including phenoxy) is 2. The summed E-state index contributed by atoms with van der Waals surface area (Å²) in [5.41, 5.74) is 0.118. The molecule has 0 radical (unpaired) electrons. The number of hydrogen-bond donors (Lipinski definition) is 0. The second-order valence-electron chi connectivity index (χ2n) is 8.40. The van der Waals surface area contributed by atoms with Gasteiger partial charge in [-0.1, -0.05) is 24.6 Å². The molecule has 0 aromatic carbocycles. The Kier molecular flexibility index (Phi) is 5.79. The van der Waals surface area contributed by atoms with Crippen molar-refractivity contribution in [3.63, 3.8) is 0 Å². The van der Waals surface area contributed by atoms with E-state index in [0.717, 1.165) is 24.8 Å². The molecule has 0 aromatic rings. The number of rotatable bonds is 7. The van der Waals surface area contributed by atoms with Crippen molar-refractivity contribution in [2.75, 3.05) is 13.2 Å². The molecule has 0 unspecified atom stereocenters. The summed E-state index contributed by atoms with van der Waals surface area (Å²) in [5, 5.41) is 0. The van der Waals surface area contributed by atoms with Crippen LogP contribution in [0.15, 0.2) is 36.5 Å². The molecule has 0 bridgehead atoms. The first-order valence-electron chi connectivity index (χ1n) is 10.1. The van der Waals surface area contributed by atoms with E-state index in [1.807, 2.05) is 13.8 Å². The molecule has 1 aliphatic heterocycles. The topological polar surface area (TPSA) is 52.6 Å². The Morgan fingerprint density at radius 3 is 2.54 bits per heavy atom. The summed E-state index contributed by atoms with van der Waals surface area (Å²) >= 11 is 0. The molecular formula is C24H30O4. The Labute approximate surface area is 168 Å². The number of carbonyl (C=O) groups excluding carboxylic acids is 2. The van der Waals surface area contributed by atoms with E-state index >= 15 is 0 Å². The van der Waals surface area contributed by atoms with Gasteiger partial charge in [0.1, 0.15) is 5.78 Å². The van der Waals surface area contributed by atoms with E-state index < -0.39 is 17.1 Å².